The third-order valence-corrected chi connectivity index (χ3v) is 4.37. The van der Waals surface area contributed by atoms with Crippen LogP contribution in [0.25, 0.3) is 0 Å². The number of hydrogen-bond acceptors (Lipinski definition) is 1. The number of aryl methyl sites for hydroxylation is 4. The summed E-state index contributed by atoms with van der Waals surface area (Å²) in [4.78, 5) is 0. The molecule has 3 rings (SSSR count). The lowest BCUT2D eigenvalue weighted by Gasteiger charge is -2.28. The molecule has 104 valence electrons. The average Bonchev–Trinajstić information content (AvgIpc) is 2.42. The van der Waals surface area contributed by atoms with E-state index in [2.05, 4.69) is 62.5 Å². The SMILES string of the molecule is Cc1cc(C)c(NC2CCc3ccccc3C2)c(C)c1. The molecule has 1 nitrogen and oxygen atoms in total. The number of nitrogens with one attached hydrogen (secondary N) is 1. The van der Waals surface area contributed by atoms with Gasteiger partial charge in [0.15, 0.2) is 0 Å². The lowest BCUT2D eigenvalue weighted by atomic mass is 9.88. The fourth-order valence-electron chi connectivity index (χ4n) is 3.43. The molecule has 0 spiro atoms. The summed E-state index contributed by atoms with van der Waals surface area (Å²) >= 11 is 0. The Labute approximate surface area is 122 Å². The maximum atomic E-state index is 3.79. The van der Waals surface area contributed by atoms with Crippen LogP contribution in [0.15, 0.2) is 36.4 Å². The molecule has 1 aliphatic carbocycles. The normalized spacial score (nSPS) is 17.6. The first-order valence-corrected chi connectivity index (χ1v) is 7.54. The summed E-state index contributed by atoms with van der Waals surface area (Å²) in [6.45, 7) is 6.58. The third-order valence-electron chi connectivity index (χ3n) is 4.37. The van der Waals surface area contributed by atoms with Gasteiger partial charge in [0.2, 0.25) is 0 Å². The first-order chi connectivity index (χ1) is 9.63. The highest BCUT2D eigenvalue weighted by molar-refractivity contribution is 5.59. The molecule has 1 heteroatoms. The molecule has 1 N–H and O–H groups in total. The van der Waals surface area contributed by atoms with Gasteiger partial charge in [-0.1, -0.05) is 42.0 Å². The molecule has 0 bridgehead atoms. The van der Waals surface area contributed by atoms with Crippen molar-refractivity contribution in [3.63, 3.8) is 0 Å². The molecule has 0 aliphatic heterocycles. The van der Waals surface area contributed by atoms with E-state index in [1.165, 1.54) is 46.3 Å². The second-order valence-corrected chi connectivity index (χ2v) is 6.13. The molecule has 1 atom stereocenters. The Hall–Kier alpha value is -1.76. The van der Waals surface area contributed by atoms with Gasteiger partial charge < -0.3 is 5.32 Å². The van der Waals surface area contributed by atoms with Crippen molar-refractivity contribution in [2.24, 2.45) is 0 Å². The molecule has 0 heterocycles. The molecule has 0 radical (unpaired) electrons. The second-order valence-electron chi connectivity index (χ2n) is 6.13. The van der Waals surface area contributed by atoms with Crippen LogP contribution >= 0.6 is 0 Å². The van der Waals surface area contributed by atoms with E-state index in [-0.39, 0.29) is 0 Å². The summed E-state index contributed by atoms with van der Waals surface area (Å²) in [5.74, 6) is 0. The standard InChI is InChI=1S/C19H23N/c1-13-10-14(2)19(15(3)11-13)20-18-9-8-16-6-4-5-7-17(16)12-18/h4-7,10-11,18,20H,8-9,12H2,1-3H3. The van der Waals surface area contributed by atoms with Crippen LogP contribution in [-0.4, -0.2) is 6.04 Å². The van der Waals surface area contributed by atoms with Crippen molar-refractivity contribution >= 4 is 5.69 Å². The quantitative estimate of drug-likeness (QED) is 0.838. The minimum Gasteiger partial charge on any atom is -0.382 e. The van der Waals surface area contributed by atoms with Gasteiger partial charge in [0, 0.05) is 11.7 Å². The fraction of sp³-hybridized carbons (Fsp3) is 0.368. The number of hydrogen-bond donors (Lipinski definition) is 1. The lowest BCUT2D eigenvalue weighted by Crippen LogP contribution is -2.28. The van der Waals surface area contributed by atoms with Gasteiger partial charge in [-0.3, -0.25) is 0 Å². The topological polar surface area (TPSA) is 12.0 Å². The lowest BCUT2D eigenvalue weighted by molar-refractivity contribution is 0.610. The van der Waals surface area contributed by atoms with Gasteiger partial charge in [0.25, 0.3) is 0 Å². The van der Waals surface area contributed by atoms with E-state index in [4.69, 9.17) is 0 Å². The highest BCUT2D eigenvalue weighted by Crippen LogP contribution is 2.27. The van der Waals surface area contributed by atoms with Crippen molar-refractivity contribution in [1.82, 2.24) is 0 Å². The zero-order valence-electron chi connectivity index (χ0n) is 12.7. The van der Waals surface area contributed by atoms with Crippen molar-refractivity contribution < 1.29 is 0 Å². The van der Waals surface area contributed by atoms with Gasteiger partial charge >= 0.3 is 0 Å². The van der Waals surface area contributed by atoms with Gasteiger partial charge in [-0.15, -0.1) is 0 Å². The van der Waals surface area contributed by atoms with E-state index < -0.39 is 0 Å². The molecule has 2 aromatic rings. The van der Waals surface area contributed by atoms with Crippen molar-refractivity contribution in [2.45, 2.75) is 46.1 Å². The van der Waals surface area contributed by atoms with Crippen LogP contribution in [-0.2, 0) is 12.8 Å². The van der Waals surface area contributed by atoms with E-state index >= 15 is 0 Å². The molecule has 1 unspecified atom stereocenters. The van der Waals surface area contributed by atoms with Crippen LogP contribution in [0.1, 0.15) is 34.2 Å². The Morgan fingerprint density at radius 1 is 0.950 bits per heavy atom. The van der Waals surface area contributed by atoms with E-state index in [0.29, 0.717) is 6.04 Å². The summed E-state index contributed by atoms with van der Waals surface area (Å²) in [5.41, 5.74) is 8.45. The first-order valence-electron chi connectivity index (χ1n) is 7.54. The summed E-state index contributed by atoms with van der Waals surface area (Å²) in [6.07, 6.45) is 3.56. The van der Waals surface area contributed by atoms with Gasteiger partial charge in [-0.05, 0) is 62.3 Å². The molecular weight excluding hydrogens is 242 g/mol. The largest absolute Gasteiger partial charge is 0.382 e. The Kier molecular flexibility index (Phi) is 3.52. The molecule has 0 amide bonds. The van der Waals surface area contributed by atoms with Gasteiger partial charge in [-0.25, -0.2) is 0 Å². The molecule has 0 fully saturated rings. The highest BCUT2D eigenvalue weighted by Gasteiger charge is 2.19. The molecule has 0 saturated carbocycles. The summed E-state index contributed by atoms with van der Waals surface area (Å²) < 4.78 is 0. The van der Waals surface area contributed by atoms with Crippen LogP contribution in [0.5, 0.6) is 0 Å². The number of benzene rings is 2. The maximum absolute atomic E-state index is 3.79. The van der Waals surface area contributed by atoms with Crippen molar-refractivity contribution in [3.05, 3.63) is 64.2 Å². The van der Waals surface area contributed by atoms with Crippen LogP contribution in [0.2, 0.25) is 0 Å². The molecule has 0 saturated heterocycles. The maximum Gasteiger partial charge on any atom is 0.0402 e. The third kappa shape index (κ3) is 2.58. The molecule has 0 aromatic heterocycles. The van der Waals surface area contributed by atoms with E-state index in [9.17, 15) is 0 Å². The van der Waals surface area contributed by atoms with Crippen LogP contribution < -0.4 is 5.32 Å². The summed E-state index contributed by atoms with van der Waals surface area (Å²) in [7, 11) is 0. The monoisotopic (exact) mass is 265 g/mol. The van der Waals surface area contributed by atoms with Crippen LogP contribution in [0, 0.1) is 20.8 Å². The van der Waals surface area contributed by atoms with Gasteiger partial charge in [0.1, 0.15) is 0 Å². The molecular formula is C19H23N. The van der Waals surface area contributed by atoms with Crippen molar-refractivity contribution in [3.8, 4) is 0 Å². The van der Waals surface area contributed by atoms with Crippen LogP contribution in [0.4, 0.5) is 5.69 Å². The van der Waals surface area contributed by atoms with Gasteiger partial charge in [-0.2, -0.15) is 0 Å². The summed E-state index contributed by atoms with van der Waals surface area (Å²) in [5, 5.41) is 3.79. The van der Waals surface area contributed by atoms with Gasteiger partial charge in [0.05, 0.1) is 0 Å². The van der Waals surface area contributed by atoms with E-state index in [1.54, 1.807) is 0 Å². The Bertz CT molecular complexity index is 604. The van der Waals surface area contributed by atoms with Crippen molar-refractivity contribution in [1.29, 1.82) is 0 Å². The zero-order chi connectivity index (χ0) is 14.1. The minimum atomic E-state index is 0.560. The summed E-state index contributed by atoms with van der Waals surface area (Å²) in [6, 6.07) is 14.0. The first kappa shape index (κ1) is 13.2. The molecule has 1 aliphatic rings. The van der Waals surface area contributed by atoms with Crippen LogP contribution in [0.3, 0.4) is 0 Å². The minimum absolute atomic E-state index is 0.560. The Morgan fingerprint density at radius 2 is 1.60 bits per heavy atom. The number of fused-ring (bicyclic) bond motifs is 1. The number of anilines is 1. The molecule has 2 aromatic carbocycles. The smallest absolute Gasteiger partial charge is 0.0402 e. The Morgan fingerprint density at radius 3 is 2.30 bits per heavy atom. The predicted octanol–water partition coefficient (Wildman–Crippen LogP) is 4.58. The predicted molar refractivity (Wildman–Crippen MR) is 86.5 cm³/mol. The highest BCUT2D eigenvalue weighted by atomic mass is 14.9. The zero-order valence-corrected chi connectivity index (χ0v) is 12.7. The van der Waals surface area contributed by atoms with Crippen molar-refractivity contribution in [2.75, 3.05) is 5.32 Å². The molecule has 20 heavy (non-hydrogen) atoms. The van der Waals surface area contributed by atoms with E-state index in [0.717, 1.165) is 6.42 Å². The number of rotatable bonds is 2. The van der Waals surface area contributed by atoms with E-state index in [1.807, 2.05) is 0 Å². The average molecular weight is 265 g/mol. The Balaban J connectivity index is 1.80. The second kappa shape index (κ2) is 5.32. The fourth-order valence-corrected chi connectivity index (χ4v) is 3.43.